The van der Waals surface area contributed by atoms with Gasteiger partial charge in [0.1, 0.15) is 17.2 Å². The van der Waals surface area contributed by atoms with E-state index in [2.05, 4.69) is 16.3 Å². The predicted molar refractivity (Wildman–Crippen MR) is 89.2 cm³/mol. The van der Waals surface area contributed by atoms with E-state index in [-0.39, 0.29) is 0 Å². The number of anilines is 1. The molecule has 2 rings (SSSR count). The van der Waals surface area contributed by atoms with Gasteiger partial charge in [-0.25, -0.2) is 0 Å². The topological polar surface area (TPSA) is 46.4 Å². The first-order valence-corrected chi connectivity index (χ1v) is 6.96. The summed E-state index contributed by atoms with van der Waals surface area (Å²) in [6.45, 7) is 2.03. The summed E-state index contributed by atoms with van der Waals surface area (Å²) in [6, 6.07) is 11.5. The van der Waals surface area contributed by atoms with Crippen molar-refractivity contribution in [1.82, 2.24) is 0 Å². The summed E-state index contributed by atoms with van der Waals surface area (Å²) >= 11 is 0. The van der Waals surface area contributed by atoms with E-state index >= 15 is 0 Å². The minimum absolute atomic E-state index is 0.683. The summed E-state index contributed by atoms with van der Waals surface area (Å²) in [6.07, 6.45) is 0. The van der Waals surface area contributed by atoms with Crippen molar-refractivity contribution in [3.63, 3.8) is 0 Å². The van der Waals surface area contributed by atoms with Gasteiger partial charge in [-0.05, 0) is 24.6 Å². The number of hydrogen-bond donors (Lipinski definition) is 0. The molecule has 5 heteroatoms. The second kappa shape index (κ2) is 6.93. The summed E-state index contributed by atoms with van der Waals surface area (Å²) in [5.41, 5.74) is 3.67. The first-order chi connectivity index (χ1) is 10.5. The fourth-order valence-electron chi connectivity index (χ4n) is 2.05. The van der Waals surface area contributed by atoms with E-state index in [1.54, 1.807) is 20.3 Å². The van der Waals surface area contributed by atoms with Crippen molar-refractivity contribution in [3.05, 3.63) is 42.0 Å². The number of methoxy groups -OCH3 is 2. The Kier molecular flexibility index (Phi) is 4.99. The van der Waals surface area contributed by atoms with Gasteiger partial charge < -0.3 is 14.4 Å². The van der Waals surface area contributed by atoms with Crippen LogP contribution in [0, 0.1) is 6.92 Å². The summed E-state index contributed by atoms with van der Waals surface area (Å²) in [7, 11) is 7.19. The highest BCUT2D eigenvalue weighted by Gasteiger charge is 2.05. The molecule has 0 fully saturated rings. The van der Waals surface area contributed by atoms with Gasteiger partial charge in [-0.1, -0.05) is 6.07 Å². The van der Waals surface area contributed by atoms with E-state index in [1.807, 2.05) is 50.2 Å². The molecule has 116 valence electrons. The van der Waals surface area contributed by atoms with Crippen LogP contribution in [-0.2, 0) is 0 Å². The molecule has 0 aliphatic carbocycles. The third kappa shape index (κ3) is 3.75. The zero-order valence-corrected chi connectivity index (χ0v) is 13.6. The van der Waals surface area contributed by atoms with Crippen LogP contribution in [0.4, 0.5) is 17.1 Å². The lowest BCUT2D eigenvalue weighted by Gasteiger charge is -2.14. The van der Waals surface area contributed by atoms with Gasteiger partial charge in [0.15, 0.2) is 0 Å². The van der Waals surface area contributed by atoms with Crippen LogP contribution in [0.25, 0.3) is 0 Å². The summed E-state index contributed by atoms with van der Waals surface area (Å²) in [4.78, 5) is 2.01. The Morgan fingerprint density at radius 2 is 1.50 bits per heavy atom. The third-order valence-corrected chi connectivity index (χ3v) is 3.22. The largest absolute Gasteiger partial charge is 0.497 e. The van der Waals surface area contributed by atoms with Crippen LogP contribution in [0.1, 0.15) is 5.56 Å². The molecule has 0 bridgehead atoms. The summed E-state index contributed by atoms with van der Waals surface area (Å²) < 4.78 is 10.5. The molecule has 0 radical (unpaired) electrons. The van der Waals surface area contributed by atoms with Gasteiger partial charge in [-0.3, -0.25) is 0 Å². The van der Waals surface area contributed by atoms with E-state index < -0.39 is 0 Å². The molecule has 0 heterocycles. The smallest absolute Gasteiger partial charge is 0.124 e. The highest BCUT2D eigenvalue weighted by molar-refractivity contribution is 5.67. The van der Waals surface area contributed by atoms with Gasteiger partial charge in [0.2, 0.25) is 0 Å². The highest BCUT2D eigenvalue weighted by Crippen LogP contribution is 2.32. The van der Waals surface area contributed by atoms with Crippen LogP contribution in [0.5, 0.6) is 11.5 Å². The lowest BCUT2D eigenvalue weighted by atomic mass is 10.2. The normalized spacial score (nSPS) is 10.8. The van der Waals surface area contributed by atoms with Crippen molar-refractivity contribution in [3.8, 4) is 11.5 Å². The first-order valence-electron chi connectivity index (χ1n) is 6.96. The van der Waals surface area contributed by atoms with Gasteiger partial charge in [0.05, 0.1) is 25.6 Å². The van der Waals surface area contributed by atoms with Crippen LogP contribution >= 0.6 is 0 Å². The molecule has 0 aromatic heterocycles. The molecule has 0 N–H and O–H groups in total. The van der Waals surface area contributed by atoms with Crippen LogP contribution in [0.2, 0.25) is 0 Å². The molecule has 0 aliphatic rings. The quantitative estimate of drug-likeness (QED) is 0.764. The molecule has 22 heavy (non-hydrogen) atoms. The van der Waals surface area contributed by atoms with Crippen molar-refractivity contribution in [2.45, 2.75) is 6.92 Å². The zero-order valence-electron chi connectivity index (χ0n) is 13.6. The maximum absolute atomic E-state index is 5.24. The standard InChI is InChI=1S/C17H21N3O2/c1-12-6-7-17(20(2)3)16(8-12)19-18-13-9-14(21-4)11-15(10-13)22-5/h6-11H,1-5H3. The predicted octanol–water partition coefficient (Wildman–Crippen LogP) is 4.49. The summed E-state index contributed by atoms with van der Waals surface area (Å²) in [5, 5.41) is 8.70. The number of benzene rings is 2. The Balaban J connectivity index is 2.38. The second-order valence-electron chi connectivity index (χ2n) is 5.16. The Morgan fingerprint density at radius 3 is 2.05 bits per heavy atom. The molecule has 0 saturated carbocycles. The maximum atomic E-state index is 5.24. The Hall–Kier alpha value is -2.56. The minimum atomic E-state index is 0.683. The van der Waals surface area contributed by atoms with Crippen molar-refractivity contribution < 1.29 is 9.47 Å². The van der Waals surface area contributed by atoms with Gasteiger partial charge in [-0.2, -0.15) is 5.11 Å². The second-order valence-corrected chi connectivity index (χ2v) is 5.16. The zero-order chi connectivity index (χ0) is 16.1. The number of aryl methyl sites for hydroxylation is 1. The molecule has 0 amide bonds. The first kappa shape index (κ1) is 15.8. The molecule has 0 aliphatic heterocycles. The fourth-order valence-corrected chi connectivity index (χ4v) is 2.05. The van der Waals surface area contributed by atoms with Crippen LogP contribution in [0.3, 0.4) is 0 Å². The van der Waals surface area contributed by atoms with Gasteiger partial charge in [0, 0.05) is 32.3 Å². The molecule has 0 spiro atoms. The number of ether oxygens (including phenoxy) is 2. The SMILES string of the molecule is COc1cc(N=Nc2cc(C)ccc2N(C)C)cc(OC)c1. The van der Waals surface area contributed by atoms with E-state index in [9.17, 15) is 0 Å². The molecule has 0 saturated heterocycles. The Morgan fingerprint density at radius 1 is 0.864 bits per heavy atom. The van der Waals surface area contributed by atoms with E-state index in [0.29, 0.717) is 17.2 Å². The van der Waals surface area contributed by atoms with Crippen LogP contribution < -0.4 is 14.4 Å². The van der Waals surface area contributed by atoms with Crippen LogP contribution in [0.15, 0.2) is 46.6 Å². The van der Waals surface area contributed by atoms with Crippen molar-refractivity contribution in [2.75, 3.05) is 33.2 Å². The van der Waals surface area contributed by atoms with Crippen LogP contribution in [-0.4, -0.2) is 28.3 Å². The van der Waals surface area contributed by atoms with Gasteiger partial charge in [0.25, 0.3) is 0 Å². The van der Waals surface area contributed by atoms with Crippen molar-refractivity contribution in [2.24, 2.45) is 10.2 Å². The fraction of sp³-hybridized carbons (Fsp3) is 0.294. The number of rotatable bonds is 5. The lowest BCUT2D eigenvalue weighted by molar-refractivity contribution is 0.394. The van der Waals surface area contributed by atoms with E-state index in [1.165, 1.54) is 0 Å². The molecule has 0 atom stereocenters. The number of azo groups is 1. The average Bonchev–Trinajstić information content (AvgIpc) is 2.52. The van der Waals surface area contributed by atoms with E-state index in [0.717, 1.165) is 16.9 Å². The third-order valence-electron chi connectivity index (χ3n) is 3.22. The lowest BCUT2D eigenvalue weighted by Crippen LogP contribution is -2.08. The average molecular weight is 299 g/mol. The molecular weight excluding hydrogens is 278 g/mol. The number of hydrogen-bond acceptors (Lipinski definition) is 5. The molecule has 5 nitrogen and oxygen atoms in total. The highest BCUT2D eigenvalue weighted by atomic mass is 16.5. The maximum Gasteiger partial charge on any atom is 0.124 e. The molecule has 2 aromatic rings. The van der Waals surface area contributed by atoms with Gasteiger partial charge in [-0.15, -0.1) is 5.11 Å². The van der Waals surface area contributed by atoms with Gasteiger partial charge >= 0.3 is 0 Å². The molecule has 2 aromatic carbocycles. The number of nitrogens with zero attached hydrogens (tertiary/aromatic N) is 3. The summed E-state index contributed by atoms with van der Waals surface area (Å²) in [5.74, 6) is 1.37. The molecule has 0 unspecified atom stereocenters. The molecular formula is C17H21N3O2. The monoisotopic (exact) mass is 299 g/mol. The Bertz CT molecular complexity index is 659. The Labute approximate surface area is 131 Å². The van der Waals surface area contributed by atoms with Crippen molar-refractivity contribution >= 4 is 17.1 Å². The minimum Gasteiger partial charge on any atom is -0.497 e. The van der Waals surface area contributed by atoms with Crippen molar-refractivity contribution in [1.29, 1.82) is 0 Å². The van der Waals surface area contributed by atoms with E-state index in [4.69, 9.17) is 9.47 Å².